The van der Waals surface area contributed by atoms with Gasteiger partial charge in [0.15, 0.2) is 0 Å². The number of benzene rings is 1. The van der Waals surface area contributed by atoms with E-state index in [2.05, 4.69) is 4.98 Å². The minimum atomic E-state index is -0.386. The molecule has 0 aliphatic carbocycles. The molecule has 88 valence electrons. The van der Waals surface area contributed by atoms with Crippen LogP contribution < -0.4 is 5.73 Å². The van der Waals surface area contributed by atoms with E-state index >= 15 is 0 Å². The molecule has 0 spiro atoms. The Hall–Kier alpha value is -1.61. The lowest BCUT2D eigenvalue weighted by Gasteiger charge is -2.05. The summed E-state index contributed by atoms with van der Waals surface area (Å²) in [7, 11) is 0. The highest BCUT2D eigenvalue weighted by atomic mass is 35.5. The van der Waals surface area contributed by atoms with Crippen LogP contribution >= 0.6 is 11.6 Å². The minimum absolute atomic E-state index is 0.148. The molecular weight excluding hydrogens is 239 g/mol. The van der Waals surface area contributed by atoms with Crippen LogP contribution in [0.2, 0.25) is 5.02 Å². The van der Waals surface area contributed by atoms with E-state index in [4.69, 9.17) is 17.3 Å². The summed E-state index contributed by atoms with van der Waals surface area (Å²) in [6, 6.07) is 6.60. The predicted octanol–water partition coefficient (Wildman–Crippen LogP) is 3.24. The van der Waals surface area contributed by atoms with Crippen molar-refractivity contribution in [3.8, 4) is 0 Å². The third-order valence-electron chi connectivity index (χ3n) is 2.61. The van der Waals surface area contributed by atoms with Gasteiger partial charge in [0, 0.05) is 18.1 Å². The lowest BCUT2D eigenvalue weighted by Crippen LogP contribution is -1.98. The van der Waals surface area contributed by atoms with Crippen LogP contribution in [0.3, 0.4) is 0 Å². The normalized spacial score (nSPS) is 10.5. The van der Waals surface area contributed by atoms with Crippen molar-refractivity contribution < 1.29 is 4.39 Å². The van der Waals surface area contributed by atoms with Crippen LogP contribution in [-0.4, -0.2) is 4.98 Å². The van der Waals surface area contributed by atoms with E-state index in [1.165, 1.54) is 6.07 Å². The summed E-state index contributed by atoms with van der Waals surface area (Å²) < 4.78 is 13.2. The van der Waals surface area contributed by atoms with Crippen molar-refractivity contribution in [2.24, 2.45) is 0 Å². The van der Waals surface area contributed by atoms with E-state index in [1.54, 1.807) is 24.5 Å². The second-order valence-electron chi connectivity index (χ2n) is 3.82. The number of rotatable bonds is 3. The number of halogens is 2. The van der Waals surface area contributed by atoms with Gasteiger partial charge >= 0.3 is 0 Å². The number of hydrogen-bond acceptors (Lipinski definition) is 2. The Labute approximate surface area is 104 Å². The molecule has 2 aromatic rings. The van der Waals surface area contributed by atoms with Gasteiger partial charge in [-0.2, -0.15) is 0 Å². The molecule has 0 aliphatic heterocycles. The number of nitrogens with two attached hydrogens (primary N) is 1. The van der Waals surface area contributed by atoms with Crippen molar-refractivity contribution in [1.29, 1.82) is 0 Å². The van der Waals surface area contributed by atoms with E-state index in [9.17, 15) is 4.39 Å². The van der Waals surface area contributed by atoms with Crippen molar-refractivity contribution >= 4 is 17.3 Å². The van der Waals surface area contributed by atoms with Gasteiger partial charge in [-0.05, 0) is 42.2 Å². The van der Waals surface area contributed by atoms with Gasteiger partial charge in [0.1, 0.15) is 5.82 Å². The van der Waals surface area contributed by atoms with E-state index in [0.717, 1.165) is 23.2 Å². The molecule has 2 nitrogen and oxygen atoms in total. The number of nitrogens with zero attached hydrogens (tertiary/aromatic N) is 1. The number of pyridine rings is 1. The van der Waals surface area contributed by atoms with Crippen molar-refractivity contribution in [3.05, 3.63) is 58.6 Å². The molecule has 2 N–H and O–H groups in total. The molecule has 0 fully saturated rings. The van der Waals surface area contributed by atoms with Crippen molar-refractivity contribution in [3.63, 3.8) is 0 Å². The molecule has 1 aromatic carbocycles. The lowest BCUT2D eigenvalue weighted by molar-refractivity contribution is 0.625. The molecule has 0 unspecified atom stereocenters. The molecule has 0 amide bonds. The van der Waals surface area contributed by atoms with Crippen LogP contribution in [0.5, 0.6) is 0 Å². The molecule has 4 heteroatoms. The third kappa shape index (κ3) is 2.94. The zero-order valence-electron chi connectivity index (χ0n) is 9.16. The summed E-state index contributed by atoms with van der Waals surface area (Å²) in [4.78, 5) is 4.01. The van der Waals surface area contributed by atoms with Gasteiger partial charge in [-0.3, -0.25) is 4.98 Å². The molecule has 0 radical (unpaired) electrons. The van der Waals surface area contributed by atoms with Gasteiger partial charge in [0.05, 0.1) is 5.02 Å². The smallest absolute Gasteiger partial charge is 0.142 e. The molecule has 2 rings (SSSR count). The highest BCUT2D eigenvalue weighted by molar-refractivity contribution is 6.30. The molecule has 17 heavy (non-hydrogen) atoms. The fourth-order valence-electron chi connectivity index (χ4n) is 1.62. The van der Waals surface area contributed by atoms with E-state index in [1.807, 2.05) is 6.07 Å². The quantitative estimate of drug-likeness (QED) is 0.908. The van der Waals surface area contributed by atoms with Gasteiger partial charge in [-0.25, -0.2) is 4.39 Å². The van der Waals surface area contributed by atoms with Crippen LogP contribution in [0.25, 0.3) is 0 Å². The average molecular weight is 251 g/mol. The first-order chi connectivity index (χ1) is 8.16. The summed E-state index contributed by atoms with van der Waals surface area (Å²) in [6.45, 7) is 0. The third-order valence-corrected chi connectivity index (χ3v) is 2.91. The van der Waals surface area contributed by atoms with Crippen molar-refractivity contribution in [1.82, 2.24) is 4.98 Å². The number of aryl methyl sites for hydroxylation is 2. The molecule has 1 aromatic heterocycles. The van der Waals surface area contributed by atoms with Crippen LogP contribution in [-0.2, 0) is 12.8 Å². The highest BCUT2D eigenvalue weighted by Crippen LogP contribution is 2.18. The van der Waals surface area contributed by atoms with Gasteiger partial charge in [0.25, 0.3) is 0 Å². The Morgan fingerprint density at radius 3 is 2.76 bits per heavy atom. The van der Waals surface area contributed by atoms with Gasteiger partial charge < -0.3 is 5.73 Å². The molecule has 0 bridgehead atoms. The SMILES string of the molecule is Nc1ccncc1CCc1ccc(Cl)c(F)c1. The van der Waals surface area contributed by atoms with Crippen LogP contribution in [0.15, 0.2) is 36.7 Å². The summed E-state index contributed by atoms with van der Waals surface area (Å²) >= 11 is 5.62. The second kappa shape index (κ2) is 5.15. The first-order valence-corrected chi connectivity index (χ1v) is 5.67. The highest BCUT2D eigenvalue weighted by Gasteiger charge is 2.03. The Morgan fingerprint density at radius 1 is 1.24 bits per heavy atom. The van der Waals surface area contributed by atoms with E-state index in [-0.39, 0.29) is 10.8 Å². The zero-order chi connectivity index (χ0) is 12.3. The number of aromatic nitrogens is 1. The Kier molecular flexibility index (Phi) is 3.59. The number of anilines is 1. The molecule has 0 saturated carbocycles. The van der Waals surface area contributed by atoms with Gasteiger partial charge in [-0.15, -0.1) is 0 Å². The molecule has 1 heterocycles. The van der Waals surface area contributed by atoms with Crippen molar-refractivity contribution in [2.75, 3.05) is 5.73 Å². The summed E-state index contributed by atoms with van der Waals surface area (Å²) in [5.74, 6) is -0.386. The van der Waals surface area contributed by atoms with E-state index in [0.29, 0.717) is 6.42 Å². The molecule has 0 saturated heterocycles. The molecular formula is C13H12ClFN2. The number of nitrogen functional groups attached to an aromatic ring is 1. The average Bonchev–Trinajstić information content (AvgIpc) is 2.32. The maximum Gasteiger partial charge on any atom is 0.142 e. The largest absolute Gasteiger partial charge is 0.398 e. The topological polar surface area (TPSA) is 38.9 Å². The van der Waals surface area contributed by atoms with Gasteiger partial charge in [-0.1, -0.05) is 17.7 Å². The molecule has 0 atom stereocenters. The summed E-state index contributed by atoms with van der Waals surface area (Å²) in [5.41, 5.74) is 8.39. The maximum atomic E-state index is 13.2. The van der Waals surface area contributed by atoms with Crippen molar-refractivity contribution in [2.45, 2.75) is 12.8 Å². The standard InChI is InChI=1S/C13H12ClFN2/c14-11-4-2-9(7-12(11)15)1-3-10-8-17-6-5-13(10)16/h2,4-8H,1,3H2,(H2,16,17). The van der Waals surface area contributed by atoms with E-state index < -0.39 is 0 Å². The maximum absolute atomic E-state index is 13.2. The first kappa shape index (κ1) is 11.9. The van der Waals surface area contributed by atoms with Gasteiger partial charge in [0.2, 0.25) is 0 Å². The lowest BCUT2D eigenvalue weighted by atomic mass is 10.0. The summed E-state index contributed by atoms with van der Waals surface area (Å²) in [5, 5.41) is 0.148. The Morgan fingerprint density at radius 2 is 2.06 bits per heavy atom. The monoisotopic (exact) mass is 250 g/mol. The van der Waals surface area contributed by atoms with Crippen LogP contribution in [0.1, 0.15) is 11.1 Å². The second-order valence-corrected chi connectivity index (χ2v) is 4.23. The fourth-order valence-corrected chi connectivity index (χ4v) is 1.74. The molecule has 0 aliphatic rings. The summed E-state index contributed by atoms with van der Waals surface area (Å²) in [6.07, 6.45) is 4.84. The predicted molar refractivity (Wildman–Crippen MR) is 67.5 cm³/mol. The van der Waals surface area contributed by atoms with Crippen LogP contribution in [0, 0.1) is 5.82 Å². The van der Waals surface area contributed by atoms with Crippen LogP contribution in [0.4, 0.5) is 10.1 Å². The Bertz CT molecular complexity index is 529. The zero-order valence-corrected chi connectivity index (χ0v) is 9.91. The fraction of sp³-hybridized carbons (Fsp3) is 0.154. The number of hydrogen-bond donors (Lipinski definition) is 1. The first-order valence-electron chi connectivity index (χ1n) is 5.29. The minimum Gasteiger partial charge on any atom is -0.398 e. The Balaban J connectivity index is 2.08.